The molecule has 4 N–H and O–H groups in total. The van der Waals surface area contributed by atoms with Gasteiger partial charge in [-0.05, 0) is 6.42 Å². The number of fused-ring (bicyclic) bond motifs is 1. The molecule has 1 amide bonds. The first-order chi connectivity index (χ1) is 13.6. The van der Waals surface area contributed by atoms with E-state index in [0.717, 1.165) is 17.7 Å². The predicted molar refractivity (Wildman–Crippen MR) is 104 cm³/mol. The van der Waals surface area contributed by atoms with Gasteiger partial charge in [0.05, 0.1) is 27.2 Å². The average molecular weight is 445 g/mol. The Bertz CT molecular complexity index is 1210. The summed E-state index contributed by atoms with van der Waals surface area (Å²) >= 11 is 1.04. The molecule has 3 aromatic rings. The van der Waals surface area contributed by atoms with Crippen molar-refractivity contribution in [3.8, 4) is 0 Å². The number of hydrogen-bond acceptors (Lipinski definition) is 7. The summed E-state index contributed by atoms with van der Waals surface area (Å²) in [6.45, 7) is 1.58. The molecule has 0 aliphatic rings. The van der Waals surface area contributed by atoms with Crippen LogP contribution in [0.25, 0.3) is 10.2 Å². The van der Waals surface area contributed by atoms with Gasteiger partial charge in [0.15, 0.2) is 17.5 Å². The molecule has 0 saturated carbocycles. The lowest BCUT2D eigenvalue weighted by molar-refractivity contribution is 0.102. The average Bonchev–Trinajstić information content (AvgIpc) is 3.08. The number of sulfonamides is 1. The minimum Gasteiger partial charge on any atom is -0.382 e. The van der Waals surface area contributed by atoms with Gasteiger partial charge in [-0.25, -0.2) is 31.6 Å². The van der Waals surface area contributed by atoms with E-state index in [9.17, 15) is 26.4 Å². The molecule has 0 aliphatic carbocycles. The van der Waals surface area contributed by atoms with Gasteiger partial charge < -0.3 is 11.1 Å². The van der Waals surface area contributed by atoms with E-state index in [1.54, 1.807) is 6.92 Å². The highest BCUT2D eigenvalue weighted by Crippen LogP contribution is 2.32. The van der Waals surface area contributed by atoms with Gasteiger partial charge >= 0.3 is 0 Å². The molecule has 2 heterocycles. The zero-order valence-electron chi connectivity index (χ0n) is 14.8. The zero-order valence-corrected chi connectivity index (χ0v) is 16.4. The van der Waals surface area contributed by atoms with Crippen molar-refractivity contribution in [2.45, 2.75) is 13.3 Å². The summed E-state index contributed by atoms with van der Waals surface area (Å²) in [5.41, 5.74) is 3.82. The van der Waals surface area contributed by atoms with Crippen molar-refractivity contribution in [1.29, 1.82) is 0 Å². The van der Waals surface area contributed by atoms with Crippen molar-refractivity contribution in [3.63, 3.8) is 0 Å². The number of hydrogen-bond donors (Lipinski definition) is 3. The second kappa shape index (κ2) is 7.83. The lowest BCUT2D eigenvalue weighted by Crippen LogP contribution is -2.20. The smallest absolute Gasteiger partial charge is 0.258 e. The van der Waals surface area contributed by atoms with Gasteiger partial charge in [0.2, 0.25) is 10.0 Å². The number of benzene rings is 1. The fraction of sp³-hybridized carbons (Fsp3) is 0.188. The van der Waals surface area contributed by atoms with Crippen LogP contribution in [0.1, 0.15) is 23.7 Å². The fourth-order valence-electron chi connectivity index (χ4n) is 2.49. The number of nitrogens with zero attached hydrogens (tertiary/aromatic N) is 2. The van der Waals surface area contributed by atoms with E-state index in [-0.39, 0.29) is 29.1 Å². The van der Waals surface area contributed by atoms with Gasteiger partial charge in [-0.2, -0.15) is 0 Å². The number of carbonyl (C=O) groups is 1. The number of amides is 1. The number of nitrogens with two attached hydrogens (primary N) is 1. The largest absolute Gasteiger partial charge is 0.382 e. The molecule has 13 heteroatoms. The highest BCUT2D eigenvalue weighted by Gasteiger charge is 2.25. The number of thiophene rings is 1. The monoisotopic (exact) mass is 445 g/mol. The van der Waals surface area contributed by atoms with Crippen LogP contribution in [0.4, 0.5) is 30.4 Å². The summed E-state index contributed by atoms with van der Waals surface area (Å²) in [6.07, 6.45) is 1.34. The minimum atomic E-state index is -3.98. The first kappa shape index (κ1) is 20.8. The Labute approximate surface area is 167 Å². The van der Waals surface area contributed by atoms with Crippen LogP contribution in [0.5, 0.6) is 0 Å². The molecule has 0 atom stereocenters. The molecule has 3 rings (SSSR count). The molecule has 8 nitrogen and oxygen atoms in total. The number of aromatic nitrogens is 2. The third-order valence-corrected chi connectivity index (χ3v) is 6.23. The molecule has 2 aromatic heterocycles. The Balaban J connectivity index is 2.00. The molecule has 154 valence electrons. The van der Waals surface area contributed by atoms with Crippen molar-refractivity contribution in [3.05, 3.63) is 40.8 Å². The number of carbonyl (C=O) groups excluding carboxylic acids is 1. The Hall–Kier alpha value is -2.93. The van der Waals surface area contributed by atoms with Gasteiger partial charge in [0, 0.05) is 11.4 Å². The first-order valence-electron chi connectivity index (χ1n) is 8.11. The first-order valence-corrected chi connectivity index (χ1v) is 10.6. The third kappa shape index (κ3) is 4.10. The topological polar surface area (TPSA) is 127 Å². The summed E-state index contributed by atoms with van der Waals surface area (Å²) in [5.74, 6) is -5.91. The van der Waals surface area contributed by atoms with Gasteiger partial charge in [0.25, 0.3) is 5.91 Å². The van der Waals surface area contributed by atoms with E-state index in [0.29, 0.717) is 10.8 Å². The number of nitrogens with one attached hydrogen (secondary N) is 2. The van der Waals surface area contributed by atoms with Crippen LogP contribution in [0.3, 0.4) is 0 Å². The van der Waals surface area contributed by atoms with Crippen LogP contribution in [0.2, 0.25) is 0 Å². The molecular formula is C16H14F3N5O3S2. The Morgan fingerprint density at radius 2 is 1.97 bits per heavy atom. The Morgan fingerprint density at radius 1 is 1.24 bits per heavy atom. The highest BCUT2D eigenvalue weighted by atomic mass is 32.2. The van der Waals surface area contributed by atoms with E-state index < -0.39 is 44.8 Å². The molecule has 0 fully saturated rings. The van der Waals surface area contributed by atoms with Crippen molar-refractivity contribution in [2.75, 3.05) is 21.5 Å². The van der Waals surface area contributed by atoms with Crippen molar-refractivity contribution < 1.29 is 26.4 Å². The van der Waals surface area contributed by atoms with Crippen LogP contribution in [0.15, 0.2) is 17.8 Å². The van der Waals surface area contributed by atoms with E-state index >= 15 is 0 Å². The normalized spacial score (nSPS) is 11.6. The summed E-state index contributed by atoms with van der Waals surface area (Å²) < 4.78 is 68.7. The molecule has 0 bridgehead atoms. The van der Waals surface area contributed by atoms with E-state index in [4.69, 9.17) is 5.73 Å². The number of nitrogen functional groups attached to an aromatic ring is 1. The molecule has 0 aliphatic heterocycles. The number of rotatable bonds is 6. The molecule has 0 unspecified atom stereocenters. The van der Waals surface area contributed by atoms with E-state index in [1.807, 2.05) is 10.0 Å². The summed E-state index contributed by atoms with van der Waals surface area (Å²) in [5, 5.41) is 3.29. The van der Waals surface area contributed by atoms with Gasteiger partial charge in [-0.3, -0.25) is 9.52 Å². The molecule has 0 saturated heterocycles. The van der Waals surface area contributed by atoms with Crippen molar-refractivity contribution in [1.82, 2.24) is 9.97 Å². The summed E-state index contributed by atoms with van der Waals surface area (Å²) in [4.78, 5) is 20.2. The van der Waals surface area contributed by atoms with Crippen LogP contribution in [-0.2, 0) is 10.0 Å². The third-order valence-electron chi connectivity index (χ3n) is 3.76. The maximum absolute atomic E-state index is 14.7. The lowest BCUT2D eigenvalue weighted by atomic mass is 10.2. The minimum absolute atomic E-state index is 0.0599. The van der Waals surface area contributed by atoms with Gasteiger partial charge in [-0.15, -0.1) is 11.3 Å². The van der Waals surface area contributed by atoms with Crippen LogP contribution in [-0.4, -0.2) is 30.0 Å². The second-order valence-electron chi connectivity index (χ2n) is 5.87. The second-order valence-corrected chi connectivity index (χ2v) is 8.59. The predicted octanol–water partition coefficient (Wildman–Crippen LogP) is 3.09. The van der Waals surface area contributed by atoms with Crippen LogP contribution >= 0.6 is 11.3 Å². The van der Waals surface area contributed by atoms with Gasteiger partial charge in [0.1, 0.15) is 17.8 Å². The highest BCUT2D eigenvalue weighted by molar-refractivity contribution is 7.92. The summed E-state index contributed by atoms with van der Waals surface area (Å²) in [7, 11) is -3.98. The van der Waals surface area contributed by atoms with Crippen LogP contribution < -0.4 is 15.8 Å². The van der Waals surface area contributed by atoms with Crippen molar-refractivity contribution >= 4 is 54.7 Å². The van der Waals surface area contributed by atoms with E-state index in [1.165, 1.54) is 5.38 Å². The van der Waals surface area contributed by atoms with E-state index in [2.05, 4.69) is 9.97 Å². The Kier molecular flexibility index (Phi) is 5.61. The zero-order chi connectivity index (χ0) is 21.3. The number of anilines is 3. The molecule has 1 aromatic carbocycles. The molecular weight excluding hydrogens is 431 g/mol. The Morgan fingerprint density at radius 3 is 2.66 bits per heavy atom. The quantitative estimate of drug-likeness (QED) is 0.501. The van der Waals surface area contributed by atoms with Gasteiger partial charge in [-0.1, -0.05) is 6.92 Å². The molecule has 0 radical (unpaired) electrons. The van der Waals surface area contributed by atoms with Crippen molar-refractivity contribution in [2.24, 2.45) is 0 Å². The molecule has 0 spiro atoms. The van der Waals surface area contributed by atoms with Crippen LogP contribution in [0, 0.1) is 17.5 Å². The number of halogens is 3. The fourth-order valence-corrected chi connectivity index (χ4v) is 4.51. The SMILES string of the molecule is CCCS(=O)(=O)Nc1cc(F)c(F)c(NC(=O)c2csc3c(N)ncnc23)c1F. The maximum Gasteiger partial charge on any atom is 0.258 e. The summed E-state index contributed by atoms with van der Waals surface area (Å²) in [6, 6.07) is 0.363. The molecule has 29 heavy (non-hydrogen) atoms. The lowest BCUT2D eigenvalue weighted by Gasteiger charge is -2.13. The maximum atomic E-state index is 14.7. The standard InChI is InChI=1S/C16H14F3N5O3S2/c1-2-3-29(26,27)24-9-4-8(17)10(18)13(11(9)19)23-16(25)7-5-28-14-12(7)21-6-22-15(14)20/h4-6,24H,2-3H2,1H3,(H,23,25)(H2,20,21,22).